The Bertz CT molecular complexity index is 629. The predicted molar refractivity (Wildman–Crippen MR) is 82.2 cm³/mol. The number of carbonyl (C=O) groups excluding carboxylic acids is 1. The van der Waals surface area contributed by atoms with Crippen LogP contribution in [0.4, 0.5) is 0 Å². The van der Waals surface area contributed by atoms with Crippen LogP contribution in [0.15, 0.2) is 17.8 Å². The number of hydrogen-bond donors (Lipinski definition) is 0. The van der Waals surface area contributed by atoms with Crippen molar-refractivity contribution in [3.63, 3.8) is 0 Å². The second kappa shape index (κ2) is 5.97. The monoisotopic (exact) mass is 304 g/mol. The van der Waals surface area contributed by atoms with Gasteiger partial charge >= 0.3 is 0 Å². The highest BCUT2D eigenvalue weighted by molar-refractivity contribution is 7.09. The Morgan fingerprint density at radius 3 is 2.95 bits per heavy atom. The number of aromatic nitrogens is 3. The molecule has 112 valence electrons. The molecule has 0 atom stereocenters. The van der Waals surface area contributed by atoms with Crippen molar-refractivity contribution in [1.82, 2.24) is 19.4 Å². The van der Waals surface area contributed by atoms with Crippen LogP contribution in [0.3, 0.4) is 0 Å². The third kappa shape index (κ3) is 3.15. The highest BCUT2D eigenvalue weighted by Crippen LogP contribution is 2.29. The first kappa shape index (κ1) is 14.3. The Balaban J connectivity index is 1.76. The molecule has 1 saturated carbocycles. The summed E-state index contributed by atoms with van der Waals surface area (Å²) >= 11 is 1.58. The zero-order valence-electron chi connectivity index (χ0n) is 12.5. The molecule has 0 bridgehead atoms. The normalized spacial score (nSPS) is 14.4. The minimum Gasteiger partial charge on any atom is -0.337 e. The van der Waals surface area contributed by atoms with Gasteiger partial charge in [-0.1, -0.05) is 6.92 Å². The lowest BCUT2D eigenvalue weighted by Crippen LogP contribution is -2.33. The van der Waals surface area contributed by atoms with Gasteiger partial charge in [-0.3, -0.25) is 4.79 Å². The van der Waals surface area contributed by atoms with Crippen molar-refractivity contribution in [1.29, 1.82) is 0 Å². The molecule has 5 nitrogen and oxygen atoms in total. The van der Waals surface area contributed by atoms with E-state index in [4.69, 9.17) is 0 Å². The molecule has 1 fully saturated rings. The van der Waals surface area contributed by atoms with E-state index in [0.29, 0.717) is 18.3 Å². The maximum atomic E-state index is 12.7. The molecule has 0 aliphatic heterocycles. The average Bonchev–Trinajstić information content (AvgIpc) is 3.07. The second-order valence-electron chi connectivity index (χ2n) is 5.50. The lowest BCUT2D eigenvalue weighted by molar-refractivity contribution is 0.0718. The van der Waals surface area contributed by atoms with E-state index in [1.54, 1.807) is 17.5 Å². The first-order valence-electron chi connectivity index (χ1n) is 7.40. The zero-order chi connectivity index (χ0) is 14.8. The summed E-state index contributed by atoms with van der Waals surface area (Å²) in [4.78, 5) is 23.4. The van der Waals surface area contributed by atoms with Crippen molar-refractivity contribution in [2.75, 3.05) is 0 Å². The molecule has 3 rings (SSSR count). The number of hydrogen-bond acceptors (Lipinski definition) is 4. The molecule has 2 heterocycles. The largest absolute Gasteiger partial charge is 0.337 e. The fourth-order valence-corrected chi connectivity index (χ4v) is 3.21. The van der Waals surface area contributed by atoms with Crippen molar-refractivity contribution in [2.45, 2.75) is 45.2 Å². The van der Waals surface area contributed by atoms with E-state index >= 15 is 0 Å². The molecule has 1 aliphatic rings. The molecule has 1 aliphatic carbocycles. The topological polar surface area (TPSA) is 51.0 Å². The number of nitrogens with zero attached hydrogens (tertiary/aromatic N) is 4. The number of thiazole rings is 1. The van der Waals surface area contributed by atoms with Gasteiger partial charge in [-0.15, -0.1) is 11.3 Å². The van der Waals surface area contributed by atoms with Crippen molar-refractivity contribution < 1.29 is 4.79 Å². The van der Waals surface area contributed by atoms with E-state index in [1.807, 2.05) is 28.1 Å². The molecule has 6 heteroatoms. The molecular formula is C15H20N4OS. The van der Waals surface area contributed by atoms with Crippen molar-refractivity contribution in [3.8, 4) is 0 Å². The molecule has 1 amide bonds. The van der Waals surface area contributed by atoms with Crippen molar-refractivity contribution in [2.24, 2.45) is 7.05 Å². The first-order valence-corrected chi connectivity index (χ1v) is 8.28. The summed E-state index contributed by atoms with van der Waals surface area (Å²) < 4.78 is 1.96. The number of amides is 1. The van der Waals surface area contributed by atoms with Crippen molar-refractivity contribution in [3.05, 3.63) is 34.3 Å². The van der Waals surface area contributed by atoms with Crippen LogP contribution in [-0.4, -0.2) is 31.4 Å². The van der Waals surface area contributed by atoms with Gasteiger partial charge in [0, 0.05) is 30.9 Å². The van der Waals surface area contributed by atoms with Crippen LogP contribution >= 0.6 is 11.3 Å². The molecule has 0 aromatic carbocycles. The standard InChI is InChI=1S/C15H20N4OS/c1-3-4-14-17-12(10-21-14)15(20)19(11-5-6-11)9-13-16-7-8-18(13)2/h7-8,10-11H,3-6,9H2,1-2H3. The maximum Gasteiger partial charge on any atom is 0.273 e. The highest BCUT2D eigenvalue weighted by atomic mass is 32.1. The second-order valence-corrected chi connectivity index (χ2v) is 6.44. The third-order valence-corrected chi connectivity index (χ3v) is 4.62. The fraction of sp³-hybridized carbons (Fsp3) is 0.533. The molecule has 0 radical (unpaired) electrons. The number of aryl methyl sites for hydroxylation is 2. The summed E-state index contributed by atoms with van der Waals surface area (Å²) in [7, 11) is 1.96. The number of carbonyl (C=O) groups is 1. The van der Waals surface area contributed by atoms with Gasteiger partial charge in [-0.25, -0.2) is 9.97 Å². The fourth-order valence-electron chi connectivity index (χ4n) is 2.34. The predicted octanol–water partition coefficient (Wildman–Crippen LogP) is 2.63. The lowest BCUT2D eigenvalue weighted by Gasteiger charge is -2.21. The van der Waals surface area contributed by atoms with Gasteiger partial charge in [0.25, 0.3) is 5.91 Å². The molecule has 0 N–H and O–H groups in total. The molecule has 21 heavy (non-hydrogen) atoms. The third-order valence-electron chi connectivity index (χ3n) is 3.72. The van der Waals surface area contributed by atoms with Crippen LogP contribution in [-0.2, 0) is 20.0 Å². The molecule has 2 aromatic heterocycles. The summed E-state index contributed by atoms with van der Waals surface area (Å²) in [6.07, 6.45) is 7.85. The van der Waals surface area contributed by atoms with Crippen LogP contribution in [0, 0.1) is 0 Å². The average molecular weight is 304 g/mol. The van der Waals surface area contributed by atoms with Gasteiger partial charge in [0.15, 0.2) is 0 Å². The van der Waals surface area contributed by atoms with Crippen LogP contribution in [0.2, 0.25) is 0 Å². The maximum absolute atomic E-state index is 12.7. The number of imidazole rings is 1. The quantitative estimate of drug-likeness (QED) is 0.824. The summed E-state index contributed by atoms with van der Waals surface area (Å²) in [5.74, 6) is 0.957. The molecular weight excluding hydrogens is 284 g/mol. The van der Waals surface area contributed by atoms with E-state index in [9.17, 15) is 4.79 Å². The van der Waals surface area contributed by atoms with E-state index in [1.165, 1.54) is 0 Å². The van der Waals surface area contributed by atoms with E-state index in [0.717, 1.165) is 36.5 Å². The lowest BCUT2D eigenvalue weighted by atomic mass is 10.3. The minimum absolute atomic E-state index is 0.0408. The van der Waals surface area contributed by atoms with Crippen molar-refractivity contribution >= 4 is 17.2 Å². The van der Waals surface area contributed by atoms with Crippen LogP contribution in [0.5, 0.6) is 0 Å². The SMILES string of the molecule is CCCc1nc(C(=O)N(Cc2nccn2C)C2CC2)cs1. The zero-order valence-corrected chi connectivity index (χ0v) is 13.3. The first-order chi connectivity index (χ1) is 10.2. The smallest absolute Gasteiger partial charge is 0.273 e. The van der Waals surface area contributed by atoms with Gasteiger partial charge in [-0.2, -0.15) is 0 Å². The summed E-state index contributed by atoms with van der Waals surface area (Å²) in [5, 5.41) is 2.94. The Labute approximate surface area is 128 Å². The Kier molecular flexibility index (Phi) is 4.05. The van der Waals surface area contributed by atoms with Gasteiger partial charge in [-0.05, 0) is 25.7 Å². The number of rotatable bonds is 6. The van der Waals surface area contributed by atoms with E-state index < -0.39 is 0 Å². The van der Waals surface area contributed by atoms with Gasteiger partial charge in [0.1, 0.15) is 11.5 Å². The molecule has 2 aromatic rings. The van der Waals surface area contributed by atoms with Gasteiger partial charge < -0.3 is 9.47 Å². The van der Waals surface area contributed by atoms with E-state index in [-0.39, 0.29) is 5.91 Å². The van der Waals surface area contributed by atoms with Crippen LogP contribution in [0.1, 0.15) is 47.5 Å². The summed E-state index contributed by atoms with van der Waals surface area (Å²) in [6, 6.07) is 0.352. The molecule has 0 spiro atoms. The molecule has 0 saturated heterocycles. The van der Waals surface area contributed by atoms with Gasteiger partial charge in [0.2, 0.25) is 0 Å². The summed E-state index contributed by atoms with van der Waals surface area (Å²) in [5.41, 5.74) is 0.588. The Morgan fingerprint density at radius 1 is 1.52 bits per heavy atom. The van der Waals surface area contributed by atoms with Gasteiger partial charge in [0.05, 0.1) is 11.6 Å². The Hall–Kier alpha value is -1.69. The molecule has 0 unspecified atom stereocenters. The summed E-state index contributed by atoms with van der Waals surface area (Å²) in [6.45, 7) is 2.69. The Morgan fingerprint density at radius 2 is 2.33 bits per heavy atom. The van der Waals surface area contributed by atoms with Crippen LogP contribution < -0.4 is 0 Å². The van der Waals surface area contributed by atoms with E-state index in [2.05, 4.69) is 16.9 Å². The highest BCUT2D eigenvalue weighted by Gasteiger charge is 2.34. The van der Waals surface area contributed by atoms with Crippen LogP contribution in [0.25, 0.3) is 0 Å². The minimum atomic E-state index is 0.0408.